The van der Waals surface area contributed by atoms with Gasteiger partial charge in [-0.25, -0.2) is 17.5 Å². The summed E-state index contributed by atoms with van der Waals surface area (Å²) in [5.74, 6) is -0.625. The number of carbonyl (C=O) groups excluding carboxylic acids is 1. The molecule has 1 N–H and O–H groups in total. The van der Waals surface area contributed by atoms with Crippen LogP contribution >= 0.6 is 0 Å². The number of nitrogens with zero attached hydrogens (tertiary/aromatic N) is 1. The van der Waals surface area contributed by atoms with Crippen LogP contribution in [0, 0.1) is 0 Å². The number of rotatable bonds is 7. The molecule has 0 radical (unpaired) electrons. The van der Waals surface area contributed by atoms with Crippen molar-refractivity contribution in [3.8, 4) is 0 Å². The fourth-order valence-electron chi connectivity index (χ4n) is 2.81. The number of fused-ring (bicyclic) bond motifs is 1. The van der Waals surface area contributed by atoms with E-state index in [4.69, 9.17) is 4.42 Å². The maximum Gasteiger partial charge on any atom is 0.349 e. The molecule has 0 aliphatic rings. The molecule has 29 heavy (non-hydrogen) atoms. The van der Waals surface area contributed by atoms with Crippen LogP contribution in [0.3, 0.4) is 0 Å². The molecule has 0 saturated carbocycles. The molecule has 2 aromatic carbocycles. The molecule has 0 saturated heterocycles. The predicted molar refractivity (Wildman–Crippen MR) is 112 cm³/mol. The first-order valence-corrected chi connectivity index (χ1v) is 10.7. The second-order valence-electron chi connectivity index (χ2n) is 6.64. The Hall–Kier alpha value is -2.97. The predicted octanol–water partition coefficient (Wildman–Crippen LogP) is 3.47. The molecule has 8 heteroatoms. The van der Waals surface area contributed by atoms with Gasteiger partial charge in [-0.2, -0.15) is 0 Å². The van der Waals surface area contributed by atoms with Gasteiger partial charge in [0.25, 0.3) is 5.91 Å². The minimum atomic E-state index is -3.58. The average molecular weight is 414 g/mol. The second kappa shape index (κ2) is 8.59. The fraction of sp³-hybridized carbons (Fsp3) is 0.238. The summed E-state index contributed by atoms with van der Waals surface area (Å²) in [7, 11) is -2.04. The van der Waals surface area contributed by atoms with Crippen molar-refractivity contribution in [3.05, 3.63) is 70.6 Å². The van der Waals surface area contributed by atoms with Crippen molar-refractivity contribution < 1.29 is 17.6 Å². The maximum absolute atomic E-state index is 12.5. The Labute approximate surface area is 169 Å². The molecule has 0 fully saturated rings. The number of sulfonamides is 1. The molecule has 152 valence electrons. The van der Waals surface area contributed by atoms with E-state index in [1.54, 1.807) is 31.3 Å². The summed E-state index contributed by atoms with van der Waals surface area (Å²) in [4.78, 5) is 24.7. The minimum absolute atomic E-state index is 0.125. The van der Waals surface area contributed by atoms with E-state index >= 15 is 0 Å². The molecule has 1 heterocycles. The van der Waals surface area contributed by atoms with E-state index in [0.717, 1.165) is 12.8 Å². The van der Waals surface area contributed by atoms with Crippen molar-refractivity contribution in [2.24, 2.45) is 0 Å². The lowest BCUT2D eigenvalue weighted by molar-refractivity contribution is 0.102. The normalized spacial score (nSPS) is 11.7. The zero-order valence-corrected chi connectivity index (χ0v) is 17.0. The van der Waals surface area contributed by atoms with Crippen LogP contribution in [0.2, 0.25) is 0 Å². The fourth-order valence-corrected chi connectivity index (χ4v) is 4.02. The van der Waals surface area contributed by atoms with Crippen molar-refractivity contribution in [2.75, 3.05) is 18.9 Å². The molecule has 0 bridgehead atoms. The largest absolute Gasteiger partial charge is 0.422 e. The van der Waals surface area contributed by atoms with Crippen LogP contribution in [0.1, 0.15) is 30.1 Å². The van der Waals surface area contributed by atoms with Crippen molar-refractivity contribution in [1.82, 2.24) is 4.31 Å². The Morgan fingerprint density at radius 1 is 1.10 bits per heavy atom. The number of hydrogen-bond donors (Lipinski definition) is 1. The molecule has 1 amide bonds. The highest BCUT2D eigenvalue weighted by molar-refractivity contribution is 7.89. The summed E-state index contributed by atoms with van der Waals surface area (Å²) < 4.78 is 31.6. The summed E-state index contributed by atoms with van der Waals surface area (Å²) in [5, 5.41) is 3.23. The van der Waals surface area contributed by atoms with Crippen LogP contribution in [0.15, 0.2) is 68.7 Å². The summed E-state index contributed by atoms with van der Waals surface area (Å²) in [6.07, 6.45) is 1.67. The number of carbonyl (C=O) groups is 1. The Morgan fingerprint density at radius 2 is 1.79 bits per heavy atom. The molecule has 1 aromatic heterocycles. The first kappa shape index (κ1) is 20.8. The zero-order chi connectivity index (χ0) is 21.0. The number of nitrogens with one attached hydrogen (secondary N) is 1. The Kier molecular flexibility index (Phi) is 6.14. The molecule has 0 atom stereocenters. The van der Waals surface area contributed by atoms with Gasteiger partial charge in [-0.3, -0.25) is 4.79 Å². The third-order valence-corrected chi connectivity index (χ3v) is 6.40. The SMILES string of the molecule is CCCCN(C)S(=O)(=O)c1ccc(NC(=O)c2cc3ccccc3oc2=O)cc1. The van der Waals surface area contributed by atoms with E-state index in [-0.39, 0.29) is 10.5 Å². The van der Waals surface area contributed by atoms with Gasteiger partial charge in [-0.1, -0.05) is 31.5 Å². The molecule has 3 rings (SSSR count). The monoisotopic (exact) mass is 414 g/mol. The van der Waals surface area contributed by atoms with Crippen molar-refractivity contribution >= 4 is 32.6 Å². The van der Waals surface area contributed by atoms with Gasteiger partial charge in [0, 0.05) is 24.7 Å². The number of hydrogen-bond acceptors (Lipinski definition) is 5. The zero-order valence-electron chi connectivity index (χ0n) is 16.2. The molecular weight excluding hydrogens is 392 g/mol. The summed E-state index contributed by atoms with van der Waals surface area (Å²) in [6, 6.07) is 14.2. The number of amides is 1. The van der Waals surface area contributed by atoms with Gasteiger partial charge in [0.05, 0.1) is 4.90 Å². The Bertz CT molecular complexity index is 1180. The van der Waals surface area contributed by atoms with Crippen LogP contribution in [0.25, 0.3) is 11.0 Å². The quantitative estimate of drug-likeness (QED) is 0.597. The molecule has 0 spiro atoms. The van der Waals surface area contributed by atoms with Crippen molar-refractivity contribution in [1.29, 1.82) is 0 Å². The van der Waals surface area contributed by atoms with Crippen molar-refractivity contribution in [3.63, 3.8) is 0 Å². The van der Waals surface area contributed by atoms with Gasteiger partial charge in [0.1, 0.15) is 11.1 Å². The van der Waals surface area contributed by atoms with Gasteiger partial charge in [0.15, 0.2) is 0 Å². The molecule has 0 aliphatic carbocycles. The third kappa shape index (κ3) is 4.55. The van der Waals surface area contributed by atoms with E-state index in [1.165, 1.54) is 34.6 Å². The van der Waals surface area contributed by atoms with E-state index in [0.29, 0.717) is 23.2 Å². The van der Waals surface area contributed by atoms with Crippen LogP contribution in [-0.4, -0.2) is 32.2 Å². The smallest absolute Gasteiger partial charge is 0.349 e. The van der Waals surface area contributed by atoms with E-state index in [2.05, 4.69) is 5.32 Å². The average Bonchev–Trinajstić information content (AvgIpc) is 2.71. The first-order valence-electron chi connectivity index (χ1n) is 9.23. The van der Waals surface area contributed by atoms with E-state index in [9.17, 15) is 18.0 Å². The van der Waals surface area contributed by atoms with Crippen LogP contribution in [0.4, 0.5) is 5.69 Å². The molecule has 0 unspecified atom stereocenters. The molecule has 0 aliphatic heterocycles. The molecule has 3 aromatic rings. The molecular formula is C21H22N2O5S. The maximum atomic E-state index is 12.5. The van der Waals surface area contributed by atoms with Gasteiger partial charge >= 0.3 is 5.63 Å². The van der Waals surface area contributed by atoms with Gasteiger partial charge < -0.3 is 9.73 Å². The lowest BCUT2D eigenvalue weighted by atomic mass is 10.1. The lowest BCUT2D eigenvalue weighted by Crippen LogP contribution is -2.28. The van der Waals surface area contributed by atoms with Crippen LogP contribution in [0.5, 0.6) is 0 Å². The third-order valence-electron chi connectivity index (χ3n) is 4.53. The van der Waals surface area contributed by atoms with E-state index < -0.39 is 21.6 Å². The summed E-state index contributed by atoms with van der Waals surface area (Å²) >= 11 is 0. The summed E-state index contributed by atoms with van der Waals surface area (Å²) in [6.45, 7) is 2.43. The lowest BCUT2D eigenvalue weighted by Gasteiger charge is -2.17. The highest BCUT2D eigenvalue weighted by atomic mass is 32.2. The van der Waals surface area contributed by atoms with Crippen molar-refractivity contribution in [2.45, 2.75) is 24.7 Å². The van der Waals surface area contributed by atoms with Gasteiger partial charge in [-0.05, 0) is 42.8 Å². The van der Waals surface area contributed by atoms with Crippen LogP contribution < -0.4 is 10.9 Å². The Morgan fingerprint density at radius 3 is 2.48 bits per heavy atom. The number of para-hydroxylation sites is 1. The first-order chi connectivity index (χ1) is 13.8. The van der Waals surface area contributed by atoms with Gasteiger partial charge in [0.2, 0.25) is 10.0 Å². The molecule has 7 nitrogen and oxygen atoms in total. The highest BCUT2D eigenvalue weighted by Gasteiger charge is 2.20. The number of anilines is 1. The highest BCUT2D eigenvalue weighted by Crippen LogP contribution is 2.19. The number of unbranched alkanes of at least 4 members (excludes halogenated alkanes) is 1. The number of benzene rings is 2. The Balaban J connectivity index is 1.79. The standard InChI is InChI=1S/C21H22N2O5S/c1-3-4-13-23(2)29(26,27)17-11-9-16(10-12-17)22-20(24)18-14-15-7-5-6-8-19(15)28-21(18)25/h5-12,14H,3-4,13H2,1-2H3,(H,22,24). The topological polar surface area (TPSA) is 96.7 Å². The second-order valence-corrected chi connectivity index (χ2v) is 8.69. The summed E-state index contributed by atoms with van der Waals surface area (Å²) in [5.41, 5.74) is -0.0915. The minimum Gasteiger partial charge on any atom is -0.422 e. The van der Waals surface area contributed by atoms with Crippen LogP contribution in [-0.2, 0) is 10.0 Å². The van der Waals surface area contributed by atoms with E-state index in [1.807, 2.05) is 6.92 Å². The van der Waals surface area contributed by atoms with Gasteiger partial charge in [-0.15, -0.1) is 0 Å².